The summed E-state index contributed by atoms with van der Waals surface area (Å²) >= 11 is 0. The highest BCUT2D eigenvalue weighted by atomic mass is 31.2. The van der Waals surface area contributed by atoms with E-state index in [-0.39, 0.29) is 17.1 Å². The van der Waals surface area contributed by atoms with Crippen molar-refractivity contribution < 1.29 is 42.1 Å². The number of aromatic nitrogens is 4. The van der Waals surface area contributed by atoms with Crippen LogP contribution in [0.3, 0.4) is 0 Å². The van der Waals surface area contributed by atoms with E-state index in [4.69, 9.17) is 15.4 Å². The molecular formula is C11H13F3N5O7P. The molecule has 0 bridgehead atoms. The lowest BCUT2D eigenvalue weighted by molar-refractivity contribution is -0.0826. The second-order valence-electron chi connectivity index (χ2n) is 5.61. The van der Waals surface area contributed by atoms with Gasteiger partial charge >= 0.3 is 13.5 Å². The Hall–Kier alpha value is -2.03. The van der Waals surface area contributed by atoms with Gasteiger partial charge in [0.15, 0.2) is 17.4 Å². The van der Waals surface area contributed by atoms with Crippen LogP contribution < -0.4 is 11.3 Å². The molecule has 1 aliphatic heterocycles. The van der Waals surface area contributed by atoms with Crippen molar-refractivity contribution in [3.05, 3.63) is 16.7 Å². The van der Waals surface area contributed by atoms with Crippen LogP contribution in [0.5, 0.6) is 0 Å². The summed E-state index contributed by atoms with van der Waals surface area (Å²) in [6, 6.07) is 0. The van der Waals surface area contributed by atoms with Gasteiger partial charge in [-0.3, -0.25) is 23.4 Å². The van der Waals surface area contributed by atoms with Crippen LogP contribution in [0.2, 0.25) is 0 Å². The van der Waals surface area contributed by atoms with Gasteiger partial charge in [0.05, 0.1) is 12.9 Å². The Morgan fingerprint density at radius 3 is 2.70 bits per heavy atom. The number of rotatable bonds is 4. The van der Waals surface area contributed by atoms with Crippen molar-refractivity contribution in [2.45, 2.75) is 30.5 Å². The SMILES string of the molecule is Nc1nc2c(ncn2C2O[C@H](COP(=O)(O)C(F)(F)F)[C@@H](O)[C@H]2O)c(=O)[nH]1. The predicted molar refractivity (Wildman–Crippen MR) is 80.3 cm³/mol. The third-order valence-corrected chi connectivity index (χ3v) is 4.94. The molecule has 6 N–H and O–H groups in total. The van der Waals surface area contributed by atoms with Gasteiger partial charge in [-0.15, -0.1) is 0 Å². The van der Waals surface area contributed by atoms with E-state index in [2.05, 4.69) is 19.5 Å². The third-order valence-electron chi connectivity index (χ3n) is 3.80. The van der Waals surface area contributed by atoms with E-state index in [9.17, 15) is 32.7 Å². The number of hydrogen-bond acceptors (Lipinski definition) is 9. The monoisotopic (exact) mass is 415 g/mol. The number of hydrogen-bond donors (Lipinski definition) is 5. The maximum Gasteiger partial charge on any atom is 0.493 e. The van der Waals surface area contributed by atoms with Gasteiger partial charge in [-0.1, -0.05) is 0 Å². The molecule has 0 spiro atoms. The summed E-state index contributed by atoms with van der Waals surface area (Å²) in [5, 5.41) is 20.1. The third kappa shape index (κ3) is 3.44. The quantitative estimate of drug-likeness (QED) is 0.390. The maximum atomic E-state index is 12.4. The van der Waals surface area contributed by atoms with Crippen molar-refractivity contribution >= 4 is 24.7 Å². The van der Waals surface area contributed by atoms with E-state index < -0.39 is 50.2 Å². The van der Waals surface area contributed by atoms with Crippen molar-refractivity contribution in [1.29, 1.82) is 0 Å². The van der Waals surface area contributed by atoms with Crippen LogP contribution in [0, 0.1) is 0 Å². The molecule has 2 unspecified atom stereocenters. The lowest BCUT2D eigenvalue weighted by Gasteiger charge is -2.19. The molecule has 0 saturated carbocycles. The number of nitrogens with one attached hydrogen (secondary N) is 1. The molecule has 150 valence electrons. The van der Waals surface area contributed by atoms with Crippen molar-refractivity contribution in [1.82, 2.24) is 19.5 Å². The van der Waals surface area contributed by atoms with E-state index in [1.807, 2.05) is 0 Å². The van der Waals surface area contributed by atoms with Gasteiger partial charge < -0.3 is 25.6 Å². The number of fused-ring (bicyclic) bond motifs is 1. The van der Waals surface area contributed by atoms with Crippen LogP contribution >= 0.6 is 7.60 Å². The molecule has 0 amide bonds. The summed E-state index contributed by atoms with van der Waals surface area (Å²) in [7, 11) is -5.97. The largest absolute Gasteiger partial charge is 0.493 e. The summed E-state index contributed by atoms with van der Waals surface area (Å²) in [4.78, 5) is 30.4. The molecule has 0 aliphatic carbocycles. The van der Waals surface area contributed by atoms with E-state index in [0.717, 1.165) is 10.9 Å². The molecule has 2 aromatic heterocycles. The fourth-order valence-electron chi connectivity index (χ4n) is 2.47. The van der Waals surface area contributed by atoms with Gasteiger partial charge in [0.2, 0.25) is 5.95 Å². The zero-order valence-corrected chi connectivity index (χ0v) is 14.0. The second-order valence-corrected chi connectivity index (χ2v) is 7.41. The highest BCUT2D eigenvalue weighted by Crippen LogP contribution is 2.58. The molecule has 16 heteroatoms. The molecule has 0 aromatic carbocycles. The van der Waals surface area contributed by atoms with Crippen LogP contribution in [0.25, 0.3) is 11.2 Å². The highest BCUT2D eigenvalue weighted by Gasteiger charge is 2.54. The zero-order valence-electron chi connectivity index (χ0n) is 13.1. The molecule has 1 saturated heterocycles. The molecule has 1 aliphatic rings. The van der Waals surface area contributed by atoms with Crippen LogP contribution in [0.4, 0.5) is 19.1 Å². The van der Waals surface area contributed by atoms with Crippen LogP contribution in [-0.4, -0.2) is 65.5 Å². The Morgan fingerprint density at radius 2 is 2.07 bits per heavy atom. The summed E-state index contributed by atoms with van der Waals surface area (Å²) < 4.78 is 58.4. The normalized spacial score (nSPS) is 28.5. The Labute approximate surface area is 146 Å². The van der Waals surface area contributed by atoms with Gasteiger partial charge in [-0.25, -0.2) is 4.98 Å². The fourth-order valence-corrected chi connectivity index (χ4v) is 2.97. The number of nitrogen functional groups attached to an aromatic ring is 1. The van der Waals surface area contributed by atoms with Crippen molar-refractivity contribution in [2.24, 2.45) is 0 Å². The molecule has 2 aromatic rings. The summed E-state index contributed by atoms with van der Waals surface area (Å²) in [6.07, 6.45) is -5.41. The lowest BCUT2D eigenvalue weighted by atomic mass is 10.1. The van der Waals surface area contributed by atoms with Crippen LogP contribution in [0.15, 0.2) is 11.1 Å². The predicted octanol–water partition coefficient (Wildman–Crippen LogP) is -0.957. The average molecular weight is 415 g/mol. The van der Waals surface area contributed by atoms with E-state index in [1.54, 1.807) is 0 Å². The Balaban J connectivity index is 1.84. The lowest BCUT2D eigenvalue weighted by Crippen LogP contribution is -2.34. The van der Waals surface area contributed by atoms with Crippen LogP contribution in [0.1, 0.15) is 6.23 Å². The Kier molecular flexibility index (Phi) is 4.78. The first kappa shape index (κ1) is 19.7. The zero-order chi connectivity index (χ0) is 20.1. The number of aliphatic hydroxyl groups is 2. The number of H-pyrrole nitrogens is 1. The molecule has 1 fully saturated rings. The standard InChI is InChI=1S/C11H13F3N5O7P/c12-11(13,14)27(23,24)25-1-3-5(20)6(21)9(26-3)19-2-16-4-7(19)17-10(15)18-8(4)22/h2-3,5-6,9,20-21H,1H2,(H,23,24)(H3,15,17,18,22)/t3-,5-,6-,9?/m1/s1. The summed E-state index contributed by atoms with van der Waals surface area (Å²) in [5.74, 6) is -5.79. The number of ether oxygens (including phenoxy) is 1. The number of anilines is 1. The minimum absolute atomic E-state index is 0.114. The first-order valence-electron chi connectivity index (χ1n) is 7.20. The van der Waals surface area contributed by atoms with E-state index in [0.29, 0.717) is 0 Å². The topological polar surface area (TPSA) is 186 Å². The number of imidazole rings is 1. The number of halogens is 3. The molecular weight excluding hydrogens is 402 g/mol. The summed E-state index contributed by atoms with van der Waals surface area (Å²) in [5.41, 5.74) is 4.47. The first-order valence-corrected chi connectivity index (χ1v) is 8.78. The first-order chi connectivity index (χ1) is 12.4. The van der Waals surface area contributed by atoms with Gasteiger partial charge in [-0.2, -0.15) is 18.2 Å². The van der Waals surface area contributed by atoms with E-state index >= 15 is 0 Å². The smallest absolute Gasteiger partial charge is 0.387 e. The van der Waals surface area contributed by atoms with Crippen molar-refractivity contribution in [3.8, 4) is 0 Å². The van der Waals surface area contributed by atoms with Gasteiger partial charge in [-0.05, 0) is 0 Å². The number of aliphatic hydroxyl groups excluding tert-OH is 2. The number of nitrogens with zero attached hydrogens (tertiary/aromatic N) is 3. The Bertz CT molecular complexity index is 962. The number of aromatic amines is 1. The van der Waals surface area contributed by atoms with Gasteiger partial charge in [0, 0.05) is 0 Å². The van der Waals surface area contributed by atoms with Crippen molar-refractivity contribution in [2.75, 3.05) is 12.3 Å². The van der Waals surface area contributed by atoms with Crippen LogP contribution in [-0.2, 0) is 13.8 Å². The molecule has 12 nitrogen and oxygen atoms in total. The number of alkyl halides is 3. The minimum atomic E-state index is -5.97. The van der Waals surface area contributed by atoms with Crippen molar-refractivity contribution in [3.63, 3.8) is 0 Å². The van der Waals surface area contributed by atoms with Gasteiger partial charge in [0.1, 0.15) is 18.3 Å². The number of nitrogens with two attached hydrogens (primary N) is 1. The second kappa shape index (κ2) is 6.54. The summed E-state index contributed by atoms with van der Waals surface area (Å²) in [6.45, 7) is -1.13. The van der Waals surface area contributed by atoms with Gasteiger partial charge in [0.25, 0.3) is 5.56 Å². The Morgan fingerprint density at radius 1 is 1.41 bits per heavy atom. The molecule has 3 rings (SSSR count). The average Bonchev–Trinajstić information content (AvgIpc) is 3.07. The molecule has 3 heterocycles. The molecule has 27 heavy (non-hydrogen) atoms. The fraction of sp³-hybridized carbons (Fsp3) is 0.545. The highest BCUT2D eigenvalue weighted by molar-refractivity contribution is 7.53. The molecule has 5 atom stereocenters. The minimum Gasteiger partial charge on any atom is -0.387 e. The molecule has 0 radical (unpaired) electrons. The maximum absolute atomic E-state index is 12.4. The van der Waals surface area contributed by atoms with E-state index in [1.165, 1.54) is 0 Å².